The fourth-order valence-corrected chi connectivity index (χ4v) is 0.828. The van der Waals surface area contributed by atoms with E-state index in [-0.39, 0.29) is 18.2 Å². The van der Waals surface area contributed by atoms with E-state index in [1.807, 2.05) is 13.8 Å². The standard InChI is InChI=1S/C7H10Cl4N2.ClH/c1-3-4(2)5(8)13-6(12)7(9,10)11;/h3H2,1-2H3,(H2,12,13);1H/b5-4-;. The van der Waals surface area contributed by atoms with Crippen LogP contribution in [0.3, 0.4) is 0 Å². The van der Waals surface area contributed by atoms with E-state index in [4.69, 9.17) is 52.1 Å². The second-order valence-electron chi connectivity index (χ2n) is 2.48. The van der Waals surface area contributed by atoms with Gasteiger partial charge in [0.15, 0.2) is 5.16 Å². The van der Waals surface area contributed by atoms with Gasteiger partial charge < -0.3 is 12.4 Å². The summed E-state index contributed by atoms with van der Waals surface area (Å²) in [4.78, 5) is 2.61. The number of amidine groups is 1. The lowest BCUT2D eigenvalue weighted by Crippen LogP contribution is -3.00. The van der Waals surface area contributed by atoms with Crippen molar-refractivity contribution in [2.75, 3.05) is 0 Å². The fraction of sp³-hybridized carbons (Fsp3) is 0.571. The van der Waals surface area contributed by atoms with Crippen LogP contribution in [0.4, 0.5) is 0 Å². The highest BCUT2D eigenvalue weighted by Gasteiger charge is 2.31. The minimum Gasteiger partial charge on any atom is -1.00 e. The van der Waals surface area contributed by atoms with E-state index in [1.165, 1.54) is 0 Å². The van der Waals surface area contributed by atoms with E-state index in [2.05, 4.69) is 4.99 Å². The van der Waals surface area contributed by atoms with Crippen LogP contribution < -0.4 is 23.1 Å². The van der Waals surface area contributed by atoms with Gasteiger partial charge in [0.2, 0.25) is 0 Å². The first-order valence-electron chi connectivity index (χ1n) is 3.61. The van der Waals surface area contributed by atoms with Crippen molar-refractivity contribution in [3.63, 3.8) is 0 Å². The highest BCUT2D eigenvalue weighted by molar-refractivity contribution is 6.76. The second kappa shape index (κ2) is 7.02. The molecule has 7 heteroatoms. The molecule has 0 bridgehead atoms. The monoisotopic (exact) mass is 298 g/mol. The van der Waals surface area contributed by atoms with Crippen molar-refractivity contribution in [2.24, 2.45) is 5.73 Å². The van der Waals surface area contributed by atoms with Gasteiger partial charge in [-0.15, -0.1) is 0 Å². The summed E-state index contributed by atoms with van der Waals surface area (Å²) in [6.07, 6.45) is 0.805. The Bertz CT molecular complexity index is 241. The summed E-state index contributed by atoms with van der Waals surface area (Å²) in [7, 11) is 0. The summed E-state index contributed by atoms with van der Waals surface area (Å²) in [5, 5.41) is 0.395. The molecule has 0 rings (SSSR count). The first-order chi connectivity index (χ1) is 5.79. The van der Waals surface area contributed by atoms with E-state index < -0.39 is 3.79 Å². The van der Waals surface area contributed by atoms with Crippen molar-refractivity contribution in [2.45, 2.75) is 24.1 Å². The Kier molecular flexibility index (Phi) is 8.56. The molecule has 0 fully saturated rings. The maximum absolute atomic E-state index is 5.82. The third kappa shape index (κ3) is 6.20. The molecule has 0 aromatic heterocycles. The largest absolute Gasteiger partial charge is 1.00 e. The Morgan fingerprint density at radius 2 is 1.79 bits per heavy atom. The van der Waals surface area contributed by atoms with Crippen molar-refractivity contribution >= 4 is 52.2 Å². The van der Waals surface area contributed by atoms with Gasteiger partial charge in [-0.3, -0.25) is 5.73 Å². The average Bonchev–Trinajstić information content (AvgIpc) is 2.01. The van der Waals surface area contributed by atoms with Crippen molar-refractivity contribution in [3.8, 4) is 0 Å². The van der Waals surface area contributed by atoms with E-state index in [0.717, 1.165) is 12.0 Å². The Hall–Kier alpha value is 0.660. The topological polar surface area (TPSA) is 40.0 Å². The first-order valence-corrected chi connectivity index (χ1v) is 5.12. The predicted molar refractivity (Wildman–Crippen MR) is 59.3 cm³/mol. The quantitative estimate of drug-likeness (QED) is 0.282. The van der Waals surface area contributed by atoms with Crippen molar-refractivity contribution in [1.29, 1.82) is 0 Å². The van der Waals surface area contributed by atoms with Crippen LogP contribution in [-0.4, -0.2) is 9.63 Å². The molecule has 0 aromatic rings. The third-order valence-electron chi connectivity index (χ3n) is 1.45. The van der Waals surface area contributed by atoms with Crippen molar-refractivity contribution in [3.05, 3.63) is 10.7 Å². The van der Waals surface area contributed by atoms with E-state index in [0.29, 0.717) is 5.16 Å². The first kappa shape index (κ1) is 17.1. The molecule has 0 spiro atoms. The van der Waals surface area contributed by atoms with Gasteiger partial charge in [0.1, 0.15) is 0 Å². The molecule has 0 radical (unpaired) electrons. The zero-order valence-electron chi connectivity index (χ0n) is 7.67. The second-order valence-corrected chi connectivity index (χ2v) is 5.14. The molecule has 0 aliphatic carbocycles. The predicted octanol–water partition coefficient (Wildman–Crippen LogP) is -1.32. The number of nitrogens with one attached hydrogen (secondary N) is 1. The zero-order chi connectivity index (χ0) is 10.6. The average molecular weight is 300 g/mol. The van der Waals surface area contributed by atoms with E-state index >= 15 is 0 Å². The molecular weight excluding hydrogens is 289 g/mol. The molecule has 3 N–H and O–H groups in total. The molecule has 0 aliphatic rings. The Labute approximate surface area is 110 Å². The molecule has 2 nitrogen and oxygen atoms in total. The van der Waals surface area contributed by atoms with Gasteiger partial charge in [0, 0.05) is 0 Å². The molecule has 0 saturated carbocycles. The molecule has 0 unspecified atom stereocenters. The lowest BCUT2D eigenvalue weighted by atomic mass is 10.3. The number of hydrogen-bond acceptors (Lipinski definition) is 0. The molecule has 0 aromatic carbocycles. The summed E-state index contributed by atoms with van der Waals surface area (Å²) in [5.74, 6) is -0.00435. The summed E-state index contributed by atoms with van der Waals surface area (Å²) in [6, 6.07) is 0. The number of alkyl halides is 3. The number of allylic oxidation sites excluding steroid dienone is 1. The van der Waals surface area contributed by atoms with Crippen LogP contribution in [-0.2, 0) is 0 Å². The molecule has 0 heterocycles. The summed E-state index contributed by atoms with van der Waals surface area (Å²) in [5.41, 5.74) is 6.38. The Balaban J connectivity index is 0. The molecule has 84 valence electrons. The molecule has 0 saturated heterocycles. The highest BCUT2D eigenvalue weighted by Crippen LogP contribution is 2.23. The molecular formula is C7H11Cl5N2. The smallest absolute Gasteiger partial charge is 0.299 e. The highest BCUT2D eigenvalue weighted by atomic mass is 35.6. The number of rotatable bonds is 2. The van der Waals surface area contributed by atoms with Gasteiger partial charge in [-0.05, 0) is 30.5 Å². The van der Waals surface area contributed by atoms with Crippen LogP contribution in [0.1, 0.15) is 20.3 Å². The molecule has 0 amide bonds. The summed E-state index contributed by atoms with van der Waals surface area (Å²) >= 11 is 22.3. The number of nitrogens with two attached hydrogens (primary N) is 1. The fourth-order valence-electron chi connectivity index (χ4n) is 0.451. The minimum atomic E-state index is -1.64. The minimum absolute atomic E-state index is 0. The van der Waals surface area contributed by atoms with Crippen LogP contribution in [0.5, 0.6) is 0 Å². The zero-order valence-corrected chi connectivity index (χ0v) is 11.5. The third-order valence-corrected chi connectivity index (χ3v) is 2.48. The maximum Gasteiger partial charge on any atom is 0.299 e. The number of hydrogen-bond donors (Lipinski definition) is 2. The van der Waals surface area contributed by atoms with Crippen LogP contribution in [0.25, 0.3) is 0 Å². The van der Waals surface area contributed by atoms with Crippen LogP contribution in [0.2, 0.25) is 0 Å². The van der Waals surface area contributed by atoms with Crippen molar-refractivity contribution in [1.82, 2.24) is 0 Å². The Morgan fingerprint density at radius 1 is 1.36 bits per heavy atom. The normalized spacial score (nSPS) is 14.6. The van der Waals surface area contributed by atoms with Crippen LogP contribution in [0.15, 0.2) is 10.7 Å². The van der Waals surface area contributed by atoms with Crippen LogP contribution >= 0.6 is 46.4 Å². The molecule has 0 atom stereocenters. The molecule has 14 heavy (non-hydrogen) atoms. The van der Waals surface area contributed by atoms with Gasteiger partial charge >= 0.3 is 0 Å². The molecule has 0 aliphatic heterocycles. The Morgan fingerprint density at radius 3 is 2.07 bits per heavy atom. The SMILES string of the molecule is CC/C(C)=C(Cl)\[NH+]=C(\N)C(Cl)(Cl)Cl.[Cl-]. The van der Waals surface area contributed by atoms with Gasteiger partial charge in [-0.2, -0.15) is 0 Å². The van der Waals surface area contributed by atoms with Gasteiger partial charge in [-0.25, -0.2) is 4.99 Å². The summed E-state index contributed by atoms with van der Waals surface area (Å²) in [6.45, 7) is 3.83. The van der Waals surface area contributed by atoms with Gasteiger partial charge in [0.25, 0.3) is 9.63 Å². The van der Waals surface area contributed by atoms with E-state index in [9.17, 15) is 0 Å². The lowest BCUT2D eigenvalue weighted by molar-refractivity contribution is -0.387. The number of halogens is 5. The van der Waals surface area contributed by atoms with Gasteiger partial charge in [-0.1, -0.05) is 41.7 Å². The van der Waals surface area contributed by atoms with Crippen molar-refractivity contribution < 1.29 is 17.4 Å². The lowest BCUT2D eigenvalue weighted by Gasteiger charge is -2.04. The maximum atomic E-state index is 5.82. The van der Waals surface area contributed by atoms with Crippen LogP contribution in [0, 0.1) is 0 Å². The van der Waals surface area contributed by atoms with Gasteiger partial charge in [0.05, 0.1) is 0 Å². The summed E-state index contributed by atoms with van der Waals surface area (Å²) < 4.78 is -1.64. The van der Waals surface area contributed by atoms with E-state index in [1.54, 1.807) is 0 Å².